The number of aromatic hydroxyl groups is 2. The SMILES string of the molecule is Cc1c(CC[C@@H](C)CCC[C@H](C)CCC[C@H](C)CCC[C@@H](C)CCC[C@@H](C)CCC[C@@H](C)CCC[C@@H](C)CCC[C@H](C)CCCC(C)C)c(O)c2ccccc2c1O. The van der Waals surface area contributed by atoms with Gasteiger partial charge in [0.1, 0.15) is 11.5 Å². The zero-order valence-electron chi connectivity index (χ0n) is 40.8. The Morgan fingerprint density at radius 3 is 0.862 bits per heavy atom. The summed E-state index contributed by atoms with van der Waals surface area (Å²) < 4.78 is 0. The predicted octanol–water partition coefficient (Wildman–Crippen LogP) is 18.6. The quantitative estimate of drug-likeness (QED) is 0.0681. The van der Waals surface area contributed by atoms with Gasteiger partial charge in [-0.15, -0.1) is 0 Å². The van der Waals surface area contributed by atoms with Crippen molar-refractivity contribution in [2.24, 2.45) is 53.3 Å². The maximum atomic E-state index is 10.9. The van der Waals surface area contributed by atoms with Crippen LogP contribution in [0.5, 0.6) is 11.5 Å². The molecule has 2 aromatic carbocycles. The molecule has 0 aromatic heterocycles. The highest BCUT2D eigenvalue weighted by molar-refractivity contribution is 5.95. The first kappa shape index (κ1) is 52.4. The van der Waals surface area contributed by atoms with Gasteiger partial charge in [-0.3, -0.25) is 0 Å². The molecule has 336 valence electrons. The van der Waals surface area contributed by atoms with Gasteiger partial charge in [0.25, 0.3) is 0 Å². The van der Waals surface area contributed by atoms with Crippen LogP contribution in [0, 0.1) is 60.2 Å². The highest BCUT2D eigenvalue weighted by Gasteiger charge is 2.17. The van der Waals surface area contributed by atoms with Gasteiger partial charge in [0.2, 0.25) is 0 Å². The zero-order chi connectivity index (χ0) is 42.9. The Labute approximate surface area is 362 Å². The van der Waals surface area contributed by atoms with Gasteiger partial charge in [-0.05, 0) is 78.6 Å². The molecular weight excluding hydrogens is 705 g/mol. The molecule has 0 bridgehead atoms. The molecule has 8 atom stereocenters. The van der Waals surface area contributed by atoms with E-state index in [0.29, 0.717) is 17.4 Å². The van der Waals surface area contributed by atoms with E-state index < -0.39 is 0 Å². The lowest BCUT2D eigenvalue weighted by Crippen LogP contribution is -2.03. The van der Waals surface area contributed by atoms with E-state index in [9.17, 15) is 10.2 Å². The van der Waals surface area contributed by atoms with E-state index in [4.69, 9.17) is 0 Å². The highest BCUT2D eigenvalue weighted by atomic mass is 16.3. The predicted molar refractivity (Wildman–Crippen MR) is 259 cm³/mol. The molecule has 2 rings (SSSR count). The van der Waals surface area contributed by atoms with Crippen molar-refractivity contribution in [1.82, 2.24) is 0 Å². The van der Waals surface area contributed by atoms with Crippen LogP contribution in [0.4, 0.5) is 0 Å². The first-order valence-electron chi connectivity index (χ1n) is 25.6. The molecule has 0 amide bonds. The minimum Gasteiger partial charge on any atom is -0.507 e. The summed E-state index contributed by atoms with van der Waals surface area (Å²) >= 11 is 0. The van der Waals surface area contributed by atoms with Gasteiger partial charge < -0.3 is 10.2 Å². The third-order valence-corrected chi connectivity index (χ3v) is 14.7. The van der Waals surface area contributed by atoms with Crippen LogP contribution < -0.4 is 0 Å². The smallest absolute Gasteiger partial charge is 0.127 e. The molecule has 58 heavy (non-hydrogen) atoms. The average Bonchev–Trinajstić information content (AvgIpc) is 3.17. The zero-order valence-corrected chi connectivity index (χ0v) is 40.8. The fraction of sp³-hybridized carbons (Fsp3) is 0.821. The number of hydrogen-bond acceptors (Lipinski definition) is 2. The Morgan fingerprint density at radius 1 is 0.345 bits per heavy atom. The lowest BCUT2D eigenvalue weighted by Gasteiger charge is -2.18. The molecule has 2 nitrogen and oxygen atoms in total. The van der Waals surface area contributed by atoms with E-state index in [1.165, 1.54) is 154 Å². The molecule has 0 aliphatic heterocycles. The summed E-state index contributed by atoms with van der Waals surface area (Å²) in [6, 6.07) is 7.63. The Hall–Kier alpha value is -1.70. The van der Waals surface area contributed by atoms with Crippen molar-refractivity contribution in [1.29, 1.82) is 0 Å². The first-order chi connectivity index (χ1) is 27.7. The van der Waals surface area contributed by atoms with Crippen LogP contribution in [-0.2, 0) is 6.42 Å². The van der Waals surface area contributed by atoms with Crippen molar-refractivity contribution < 1.29 is 10.2 Å². The molecule has 0 saturated carbocycles. The van der Waals surface area contributed by atoms with Gasteiger partial charge in [-0.2, -0.15) is 0 Å². The second kappa shape index (κ2) is 30.3. The van der Waals surface area contributed by atoms with Crippen LogP contribution in [-0.4, -0.2) is 10.2 Å². The fourth-order valence-corrected chi connectivity index (χ4v) is 10.0. The Bertz CT molecular complexity index is 1310. The normalized spacial score (nSPS) is 16.3. The van der Waals surface area contributed by atoms with Crippen molar-refractivity contribution >= 4 is 10.8 Å². The van der Waals surface area contributed by atoms with Crippen LogP contribution in [0.15, 0.2) is 24.3 Å². The molecule has 2 N–H and O–H groups in total. The number of fused-ring (bicyclic) bond motifs is 1. The van der Waals surface area contributed by atoms with Gasteiger partial charge in [0, 0.05) is 16.3 Å². The topological polar surface area (TPSA) is 40.5 Å². The van der Waals surface area contributed by atoms with Gasteiger partial charge in [0.15, 0.2) is 0 Å². The Morgan fingerprint density at radius 2 is 0.586 bits per heavy atom. The maximum Gasteiger partial charge on any atom is 0.127 e. The number of benzene rings is 2. The van der Waals surface area contributed by atoms with Crippen molar-refractivity contribution in [3.63, 3.8) is 0 Å². The molecule has 0 aliphatic rings. The molecule has 2 aromatic rings. The van der Waals surface area contributed by atoms with E-state index in [0.717, 1.165) is 82.1 Å². The summed E-state index contributed by atoms with van der Waals surface area (Å²) in [4.78, 5) is 0. The van der Waals surface area contributed by atoms with E-state index >= 15 is 0 Å². The van der Waals surface area contributed by atoms with Crippen molar-refractivity contribution in [3.05, 3.63) is 35.4 Å². The largest absolute Gasteiger partial charge is 0.507 e. The lowest BCUT2D eigenvalue weighted by atomic mass is 9.88. The average molecular weight is 805 g/mol. The Kier molecular flexibility index (Phi) is 27.4. The molecule has 0 aliphatic carbocycles. The minimum atomic E-state index is 0.318. The summed E-state index contributed by atoms with van der Waals surface area (Å²) in [7, 11) is 0. The highest BCUT2D eigenvalue weighted by Crippen LogP contribution is 2.40. The molecule has 0 unspecified atom stereocenters. The van der Waals surface area contributed by atoms with Gasteiger partial charge in [-0.25, -0.2) is 0 Å². The third kappa shape index (κ3) is 22.8. The van der Waals surface area contributed by atoms with E-state index in [-0.39, 0.29) is 0 Å². The van der Waals surface area contributed by atoms with Gasteiger partial charge in [-0.1, -0.05) is 248 Å². The van der Waals surface area contributed by atoms with Crippen molar-refractivity contribution in [3.8, 4) is 11.5 Å². The summed E-state index contributed by atoms with van der Waals surface area (Å²) in [5.74, 6) is 8.36. The summed E-state index contributed by atoms with van der Waals surface area (Å²) in [5, 5.41) is 23.2. The number of hydrogen-bond donors (Lipinski definition) is 2. The summed E-state index contributed by atoms with van der Waals surface area (Å²) in [6.07, 6.45) is 35.6. The number of rotatable bonds is 35. The molecule has 0 spiro atoms. The van der Waals surface area contributed by atoms with Crippen LogP contribution in [0.2, 0.25) is 0 Å². The third-order valence-electron chi connectivity index (χ3n) is 14.7. The second-order valence-electron chi connectivity index (χ2n) is 21.6. The van der Waals surface area contributed by atoms with Crippen LogP contribution in [0.1, 0.15) is 241 Å². The monoisotopic (exact) mass is 805 g/mol. The van der Waals surface area contributed by atoms with Crippen molar-refractivity contribution in [2.45, 2.75) is 243 Å². The number of phenols is 2. The summed E-state index contributed by atoms with van der Waals surface area (Å²) in [5.41, 5.74) is 1.75. The fourth-order valence-electron chi connectivity index (χ4n) is 10.0. The minimum absolute atomic E-state index is 0.318. The maximum absolute atomic E-state index is 10.9. The lowest BCUT2D eigenvalue weighted by molar-refractivity contribution is 0.353. The van der Waals surface area contributed by atoms with Crippen LogP contribution in [0.25, 0.3) is 10.8 Å². The molecule has 0 radical (unpaired) electrons. The Balaban J connectivity index is 1.42. The van der Waals surface area contributed by atoms with E-state index in [2.05, 4.69) is 69.2 Å². The number of phenolic OH excluding ortho intramolecular Hbond substituents is 2. The van der Waals surface area contributed by atoms with Crippen LogP contribution in [0.3, 0.4) is 0 Å². The second-order valence-corrected chi connectivity index (χ2v) is 21.6. The van der Waals surface area contributed by atoms with E-state index in [1.807, 2.05) is 31.2 Å². The standard InChI is InChI=1S/C56H100O2/c1-42(2)22-14-23-43(3)24-15-25-44(4)26-16-27-45(5)28-17-29-46(6)30-18-31-47(7)32-19-33-48(8)34-20-35-49(9)36-21-37-50(10)40-41-52-51(11)55(57)53-38-12-13-39-54(53)56(52)58/h12-13,38-39,42-50,57-58H,14-37,40-41H2,1-11H3/t43-,44+,45+,46+,47+,48-,49-,50+/m1/s1. The van der Waals surface area contributed by atoms with Gasteiger partial charge in [0.05, 0.1) is 0 Å². The van der Waals surface area contributed by atoms with Crippen molar-refractivity contribution in [2.75, 3.05) is 0 Å². The first-order valence-corrected chi connectivity index (χ1v) is 25.6. The van der Waals surface area contributed by atoms with E-state index in [1.54, 1.807) is 0 Å². The molecule has 2 heteroatoms. The molecular formula is C56H100O2. The molecule has 0 heterocycles. The molecule has 0 fully saturated rings. The van der Waals surface area contributed by atoms with Gasteiger partial charge >= 0.3 is 0 Å². The molecule has 0 saturated heterocycles. The van der Waals surface area contributed by atoms with Crippen LogP contribution >= 0.6 is 0 Å². The summed E-state index contributed by atoms with van der Waals surface area (Å²) in [6.45, 7) is 26.5.